The van der Waals surface area contributed by atoms with Crippen LogP contribution in [0.1, 0.15) is 39.1 Å². The monoisotopic (exact) mass is 273 g/mol. The fourth-order valence-corrected chi connectivity index (χ4v) is 2.19. The van der Waals surface area contributed by atoms with Gasteiger partial charge in [-0.3, -0.25) is 0 Å². The zero-order valence-electron chi connectivity index (χ0n) is 12.4. The summed E-state index contributed by atoms with van der Waals surface area (Å²) in [4.78, 5) is 7.70. The van der Waals surface area contributed by atoms with Crippen LogP contribution in [0.15, 0.2) is 30.5 Å². The smallest absolute Gasteiger partial charge is 0.123 e. The van der Waals surface area contributed by atoms with Gasteiger partial charge in [0, 0.05) is 0 Å². The first-order valence-electron chi connectivity index (χ1n) is 7.13. The van der Waals surface area contributed by atoms with Gasteiger partial charge in [-0.1, -0.05) is 13.8 Å². The zero-order valence-corrected chi connectivity index (χ0v) is 12.4. The van der Waals surface area contributed by atoms with Gasteiger partial charge >= 0.3 is 0 Å². The number of imidazole rings is 1. The van der Waals surface area contributed by atoms with Crippen molar-refractivity contribution >= 4 is 0 Å². The largest absolute Gasteiger partial charge is 0.494 e. The van der Waals surface area contributed by atoms with Crippen molar-refractivity contribution in [2.45, 2.75) is 33.2 Å². The summed E-state index contributed by atoms with van der Waals surface area (Å²) in [7, 11) is 0. The summed E-state index contributed by atoms with van der Waals surface area (Å²) in [5.41, 5.74) is 8.21. The lowest BCUT2D eigenvalue weighted by atomic mass is 10.0. The standard InChI is InChI=1S/C16H23N3O/c1-4-20-13-7-5-12(6-8-13)15-10-18-16(19-15)14(17)9-11(2)3/h5-8,10-11,14H,4,9,17H2,1-3H3,(H,18,19). The second kappa shape index (κ2) is 6.57. The van der Waals surface area contributed by atoms with Crippen molar-refractivity contribution in [2.24, 2.45) is 11.7 Å². The quantitative estimate of drug-likeness (QED) is 0.846. The zero-order chi connectivity index (χ0) is 14.5. The number of benzene rings is 1. The predicted molar refractivity (Wildman–Crippen MR) is 81.6 cm³/mol. The molecule has 1 atom stereocenters. The molecule has 0 radical (unpaired) electrons. The van der Waals surface area contributed by atoms with Gasteiger partial charge in [0.2, 0.25) is 0 Å². The molecule has 0 aliphatic heterocycles. The summed E-state index contributed by atoms with van der Waals surface area (Å²) in [6.45, 7) is 6.98. The highest BCUT2D eigenvalue weighted by atomic mass is 16.5. The molecule has 1 unspecified atom stereocenters. The molecule has 0 aliphatic rings. The number of ether oxygens (including phenoxy) is 1. The van der Waals surface area contributed by atoms with E-state index in [1.807, 2.05) is 37.4 Å². The first-order valence-corrected chi connectivity index (χ1v) is 7.13. The minimum absolute atomic E-state index is 0.0357. The maximum Gasteiger partial charge on any atom is 0.123 e. The Morgan fingerprint density at radius 2 is 1.95 bits per heavy atom. The summed E-state index contributed by atoms with van der Waals surface area (Å²) in [5.74, 6) is 2.29. The molecule has 4 heteroatoms. The molecule has 0 aliphatic carbocycles. The van der Waals surface area contributed by atoms with E-state index in [1.54, 1.807) is 0 Å². The number of rotatable bonds is 6. The Bertz CT molecular complexity index is 531. The van der Waals surface area contributed by atoms with E-state index in [-0.39, 0.29) is 6.04 Å². The Labute approximate surface area is 120 Å². The van der Waals surface area contributed by atoms with Crippen molar-refractivity contribution < 1.29 is 4.74 Å². The molecule has 0 spiro atoms. The van der Waals surface area contributed by atoms with Crippen LogP contribution in [0.3, 0.4) is 0 Å². The normalized spacial score (nSPS) is 12.7. The van der Waals surface area contributed by atoms with Crippen molar-refractivity contribution in [3.63, 3.8) is 0 Å². The van der Waals surface area contributed by atoms with E-state index >= 15 is 0 Å². The number of hydrogen-bond donors (Lipinski definition) is 2. The highest BCUT2D eigenvalue weighted by molar-refractivity contribution is 5.59. The van der Waals surface area contributed by atoms with Crippen LogP contribution >= 0.6 is 0 Å². The van der Waals surface area contributed by atoms with Crippen LogP contribution in [-0.2, 0) is 0 Å². The number of aromatic nitrogens is 2. The Morgan fingerprint density at radius 3 is 2.55 bits per heavy atom. The summed E-state index contributed by atoms with van der Waals surface area (Å²) in [5, 5.41) is 0. The highest BCUT2D eigenvalue weighted by Gasteiger charge is 2.12. The van der Waals surface area contributed by atoms with Crippen LogP contribution in [0.4, 0.5) is 0 Å². The van der Waals surface area contributed by atoms with Crippen LogP contribution in [0, 0.1) is 5.92 Å². The molecule has 0 amide bonds. The fraction of sp³-hybridized carbons (Fsp3) is 0.438. The van der Waals surface area contributed by atoms with Crippen LogP contribution in [0.25, 0.3) is 11.3 Å². The van der Waals surface area contributed by atoms with E-state index in [2.05, 4.69) is 23.8 Å². The third-order valence-electron chi connectivity index (χ3n) is 3.15. The van der Waals surface area contributed by atoms with Crippen molar-refractivity contribution in [1.29, 1.82) is 0 Å². The Balaban J connectivity index is 2.11. The fourth-order valence-electron chi connectivity index (χ4n) is 2.19. The predicted octanol–water partition coefficient (Wildman–Crippen LogP) is 3.52. The number of nitrogens with one attached hydrogen (secondary N) is 1. The number of aromatic amines is 1. The first-order chi connectivity index (χ1) is 9.60. The van der Waals surface area contributed by atoms with Gasteiger partial charge in [-0.25, -0.2) is 4.98 Å². The minimum Gasteiger partial charge on any atom is -0.494 e. The molecular weight excluding hydrogens is 250 g/mol. The maximum absolute atomic E-state index is 6.14. The Morgan fingerprint density at radius 1 is 1.25 bits per heavy atom. The van der Waals surface area contributed by atoms with Crippen LogP contribution in [0.2, 0.25) is 0 Å². The van der Waals surface area contributed by atoms with Crippen molar-refractivity contribution in [1.82, 2.24) is 9.97 Å². The van der Waals surface area contributed by atoms with Gasteiger partial charge in [0.15, 0.2) is 0 Å². The van der Waals surface area contributed by atoms with Gasteiger partial charge in [0.1, 0.15) is 11.6 Å². The molecule has 0 saturated heterocycles. The molecule has 3 N–H and O–H groups in total. The third kappa shape index (κ3) is 3.61. The van der Waals surface area contributed by atoms with E-state index in [1.165, 1.54) is 0 Å². The molecule has 0 bridgehead atoms. The van der Waals surface area contributed by atoms with Gasteiger partial charge < -0.3 is 15.5 Å². The molecule has 2 rings (SSSR count). The third-order valence-corrected chi connectivity index (χ3v) is 3.15. The van der Waals surface area contributed by atoms with Crippen molar-refractivity contribution in [3.8, 4) is 17.0 Å². The van der Waals surface area contributed by atoms with E-state index in [0.29, 0.717) is 12.5 Å². The molecule has 108 valence electrons. The molecular formula is C16H23N3O. The van der Waals surface area contributed by atoms with Gasteiger partial charge in [0.05, 0.1) is 24.5 Å². The number of nitrogens with zero attached hydrogens (tertiary/aromatic N) is 1. The molecule has 1 aromatic heterocycles. The van der Waals surface area contributed by atoms with E-state index in [9.17, 15) is 0 Å². The summed E-state index contributed by atoms with van der Waals surface area (Å²) >= 11 is 0. The van der Waals surface area contributed by atoms with E-state index in [4.69, 9.17) is 10.5 Å². The van der Waals surface area contributed by atoms with E-state index in [0.717, 1.165) is 29.3 Å². The number of hydrogen-bond acceptors (Lipinski definition) is 3. The van der Waals surface area contributed by atoms with Crippen LogP contribution in [-0.4, -0.2) is 16.6 Å². The van der Waals surface area contributed by atoms with Gasteiger partial charge in [-0.15, -0.1) is 0 Å². The number of H-pyrrole nitrogens is 1. The summed E-state index contributed by atoms with van der Waals surface area (Å²) in [6.07, 6.45) is 2.77. The molecule has 0 saturated carbocycles. The molecule has 1 aromatic carbocycles. The van der Waals surface area contributed by atoms with Crippen molar-refractivity contribution in [3.05, 3.63) is 36.3 Å². The van der Waals surface area contributed by atoms with Gasteiger partial charge in [0.25, 0.3) is 0 Å². The van der Waals surface area contributed by atoms with Crippen LogP contribution in [0.5, 0.6) is 5.75 Å². The van der Waals surface area contributed by atoms with E-state index < -0.39 is 0 Å². The Hall–Kier alpha value is -1.81. The highest BCUT2D eigenvalue weighted by Crippen LogP contribution is 2.23. The molecule has 0 fully saturated rings. The summed E-state index contributed by atoms with van der Waals surface area (Å²) in [6, 6.07) is 7.94. The average molecular weight is 273 g/mol. The first kappa shape index (κ1) is 14.6. The summed E-state index contributed by atoms with van der Waals surface area (Å²) < 4.78 is 5.44. The number of nitrogens with two attached hydrogens (primary N) is 1. The lowest BCUT2D eigenvalue weighted by molar-refractivity contribution is 0.340. The second-order valence-electron chi connectivity index (χ2n) is 5.38. The molecule has 1 heterocycles. The average Bonchev–Trinajstić information content (AvgIpc) is 2.89. The van der Waals surface area contributed by atoms with Gasteiger partial charge in [-0.05, 0) is 49.1 Å². The lowest BCUT2D eigenvalue weighted by Crippen LogP contribution is -2.14. The molecule has 4 nitrogen and oxygen atoms in total. The molecule has 20 heavy (non-hydrogen) atoms. The topological polar surface area (TPSA) is 63.9 Å². The minimum atomic E-state index is -0.0357. The SMILES string of the molecule is CCOc1ccc(-c2cnc(C(N)CC(C)C)[nH]2)cc1. The van der Waals surface area contributed by atoms with Crippen molar-refractivity contribution in [2.75, 3.05) is 6.61 Å². The maximum atomic E-state index is 6.14. The Kier molecular flexibility index (Phi) is 4.79. The van der Waals surface area contributed by atoms with Crippen LogP contribution < -0.4 is 10.5 Å². The molecule has 2 aromatic rings. The van der Waals surface area contributed by atoms with Gasteiger partial charge in [-0.2, -0.15) is 0 Å². The second-order valence-corrected chi connectivity index (χ2v) is 5.38. The lowest BCUT2D eigenvalue weighted by Gasteiger charge is -2.11.